The van der Waals surface area contributed by atoms with Crippen LogP contribution in [0, 0.1) is 12.7 Å². The fraction of sp³-hybridized carbons (Fsp3) is 0.407. The number of hydrogen-bond acceptors (Lipinski definition) is 5. The fourth-order valence-electron chi connectivity index (χ4n) is 4.24. The van der Waals surface area contributed by atoms with Crippen LogP contribution in [-0.2, 0) is 11.2 Å². The summed E-state index contributed by atoms with van der Waals surface area (Å²) in [7, 11) is 0. The first-order chi connectivity index (χ1) is 16.5. The number of piperazine rings is 1. The lowest BCUT2D eigenvalue weighted by molar-refractivity contribution is -0.121. The van der Waals surface area contributed by atoms with Gasteiger partial charge in [0.05, 0.1) is 6.20 Å². The van der Waals surface area contributed by atoms with Crippen LogP contribution in [0.15, 0.2) is 59.1 Å². The summed E-state index contributed by atoms with van der Waals surface area (Å²) in [6.07, 6.45) is 3.29. The maximum Gasteiger partial charge on any atom is 0.220 e. The van der Waals surface area contributed by atoms with E-state index in [4.69, 9.17) is 4.42 Å². The van der Waals surface area contributed by atoms with Crippen molar-refractivity contribution in [3.63, 3.8) is 0 Å². The Morgan fingerprint density at radius 2 is 1.91 bits per heavy atom. The van der Waals surface area contributed by atoms with Crippen LogP contribution in [0.25, 0.3) is 11.3 Å². The van der Waals surface area contributed by atoms with E-state index in [0.717, 1.165) is 44.7 Å². The van der Waals surface area contributed by atoms with Crippen molar-refractivity contribution in [3.8, 4) is 11.3 Å². The lowest BCUT2D eigenvalue weighted by Gasteiger charge is -2.36. The van der Waals surface area contributed by atoms with E-state index < -0.39 is 0 Å². The summed E-state index contributed by atoms with van der Waals surface area (Å²) in [6.45, 7) is 9.29. The largest absolute Gasteiger partial charge is 0.441 e. The van der Waals surface area contributed by atoms with Crippen molar-refractivity contribution in [3.05, 3.63) is 72.0 Å². The zero-order valence-electron chi connectivity index (χ0n) is 20.0. The Balaban J connectivity index is 1.14. The summed E-state index contributed by atoms with van der Waals surface area (Å²) in [5, 5.41) is 3.09. The summed E-state index contributed by atoms with van der Waals surface area (Å²) in [4.78, 5) is 21.5. The number of nitrogens with zero attached hydrogens (tertiary/aromatic N) is 3. The zero-order valence-corrected chi connectivity index (χ0v) is 20.0. The molecule has 1 aromatic heterocycles. The van der Waals surface area contributed by atoms with Crippen molar-refractivity contribution < 1.29 is 13.6 Å². The van der Waals surface area contributed by atoms with E-state index >= 15 is 0 Å². The Morgan fingerprint density at radius 3 is 2.65 bits per heavy atom. The van der Waals surface area contributed by atoms with Crippen LogP contribution < -0.4 is 10.2 Å². The number of oxazole rings is 1. The summed E-state index contributed by atoms with van der Waals surface area (Å²) in [5.74, 6) is 0.789. The molecule has 1 fully saturated rings. The number of aryl methyl sites for hydroxylation is 2. The van der Waals surface area contributed by atoms with Crippen LogP contribution in [0.2, 0.25) is 0 Å². The molecule has 34 heavy (non-hydrogen) atoms. The van der Waals surface area contributed by atoms with Crippen molar-refractivity contribution in [2.45, 2.75) is 39.2 Å². The predicted octanol–water partition coefficient (Wildman–Crippen LogP) is 4.44. The van der Waals surface area contributed by atoms with Crippen LogP contribution in [0.3, 0.4) is 0 Å². The van der Waals surface area contributed by atoms with Gasteiger partial charge in [0.1, 0.15) is 5.82 Å². The maximum atomic E-state index is 13.1. The Kier molecular flexibility index (Phi) is 7.95. The van der Waals surface area contributed by atoms with Gasteiger partial charge in [-0.25, -0.2) is 9.37 Å². The molecule has 7 heteroatoms. The third-order valence-electron chi connectivity index (χ3n) is 6.27. The molecule has 1 atom stereocenters. The van der Waals surface area contributed by atoms with Gasteiger partial charge < -0.3 is 14.6 Å². The molecule has 1 aliphatic rings. The van der Waals surface area contributed by atoms with Gasteiger partial charge in [-0.15, -0.1) is 0 Å². The fourth-order valence-corrected chi connectivity index (χ4v) is 4.24. The first kappa shape index (κ1) is 24.0. The highest BCUT2D eigenvalue weighted by molar-refractivity contribution is 5.76. The van der Waals surface area contributed by atoms with Gasteiger partial charge in [-0.05, 0) is 62.2 Å². The molecular formula is C27H33FN4O2. The minimum atomic E-state index is -0.293. The molecule has 1 unspecified atom stereocenters. The van der Waals surface area contributed by atoms with Crippen LogP contribution in [0.1, 0.15) is 31.2 Å². The number of amides is 1. The summed E-state index contributed by atoms with van der Waals surface area (Å²) in [5.41, 5.74) is 3.36. The van der Waals surface area contributed by atoms with Gasteiger partial charge in [0.15, 0.2) is 11.7 Å². The number of anilines is 1. The van der Waals surface area contributed by atoms with Gasteiger partial charge in [-0.2, -0.15) is 0 Å². The van der Waals surface area contributed by atoms with Gasteiger partial charge in [0, 0.05) is 62.9 Å². The molecule has 0 saturated carbocycles. The number of carbonyl (C=O) groups is 1. The molecule has 1 amide bonds. The molecule has 1 N–H and O–H groups in total. The molecule has 6 nitrogen and oxygen atoms in total. The summed E-state index contributed by atoms with van der Waals surface area (Å²) in [6, 6.07) is 14.9. The van der Waals surface area contributed by atoms with Gasteiger partial charge >= 0.3 is 0 Å². The number of hydrogen-bond donors (Lipinski definition) is 1. The second-order valence-corrected chi connectivity index (χ2v) is 9.05. The van der Waals surface area contributed by atoms with E-state index in [1.165, 1.54) is 23.4 Å². The molecule has 4 rings (SSSR count). The number of rotatable bonds is 9. The Labute approximate surface area is 200 Å². The van der Waals surface area contributed by atoms with Gasteiger partial charge in [-0.1, -0.05) is 12.1 Å². The number of benzene rings is 2. The first-order valence-corrected chi connectivity index (χ1v) is 12.0. The van der Waals surface area contributed by atoms with E-state index in [2.05, 4.69) is 58.2 Å². The smallest absolute Gasteiger partial charge is 0.220 e. The SMILES string of the molecule is Cc1cccc(N2CCN(CCC(C)NC(=O)CCc3ncc(-c4ccc(F)cc4)o3)CC2)c1. The highest BCUT2D eigenvalue weighted by Gasteiger charge is 2.18. The molecule has 1 aliphatic heterocycles. The Bertz CT molecular complexity index is 1070. The third kappa shape index (κ3) is 6.67. The standard InChI is InChI=1S/C27H33FN4O2/c1-20-4-3-5-24(18-20)32-16-14-31(15-17-32)13-12-21(2)30-26(33)10-11-27-29-19-25(34-27)22-6-8-23(28)9-7-22/h3-9,18-19,21H,10-17H2,1-2H3,(H,30,33). The average Bonchev–Trinajstić information content (AvgIpc) is 3.31. The maximum absolute atomic E-state index is 13.1. The second-order valence-electron chi connectivity index (χ2n) is 9.05. The van der Waals surface area contributed by atoms with Gasteiger partial charge in [-0.3, -0.25) is 9.69 Å². The molecule has 0 bridgehead atoms. The average molecular weight is 465 g/mol. The Hall–Kier alpha value is -3.19. The Morgan fingerprint density at radius 1 is 1.15 bits per heavy atom. The highest BCUT2D eigenvalue weighted by Crippen LogP contribution is 2.21. The molecule has 0 spiro atoms. The van der Waals surface area contributed by atoms with Crippen molar-refractivity contribution in [1.82, 2.24) is 15.2 Å². The molecule has 0 aliphatic carbocycles. The minimum absolute atomic E-state index is 0.00158. The molecule has 1 saturated heterocycles. The van der Waals surface area contributed by atoms with E-state index in [0.29, 0.717) is 24.5 Å². The molecule has 2 aromatic carbocycles. The normalized spacial score (nSPS) is 15.3. The van der Waals surface area contributed by atoms with Crippen LogP contribution in [-0.4, -0.2) is 54.6 Å². The van der Waals surface area contributed by atoms with Crippen molar-refractivity contribution >= 4 is 11.6 Å². The molecule has 0 radical (unpaired) electrons. The number of halogens is 1. The summed E-state index contributed by atoms with van der Waals surface area (Å²) >= 11 is 0. The van der Waals surface area contributed by atoms with E-state index in [1.54, 1.807) is 18.3 Å². The van der Waals surface area contributed by atoms with E-state index in [-0.39, 0.29) is 17.8 Å². The van der Waals surface area contributed by atoms with Crippen LogP contribution in [0.4, 0.5) is 10.1 Å². The lowest BCUT2D eigenvalue weighted by Crippen LogP contribution is -2.47. The van der Waals surface area contributed by atoms with Crippen molar-refractivity contribution in [2.75, 3.05) is 37.6 Å². The number of carbonyl (C=O) groups excluding carboxylic acids is 1. The van der Waals surface area contributed by atoms with Crippen LogP contribution in [0.5, 0.6) is 0 Å². The number of nitrogens with one attached hydrogen (secondary N) is 1. The van der Waals surface area contributed by atoms with Crippen molar-refractivity contribution in [1.29, 1.82) is 0 Å². The molecule has 3 aromatic rings. The summed E-state index contributed by atoms with van der Waals surface area (Å²) < 4.78 is 18.8. The first-order valence-electron chi connectivity index (χ1n) is 12.0. The predicted molar refractivity (Wildman–Crippen MR) is 132 cm³/mol. The topological polar surface area (TPSA) is 61.6 Å². The molecule has 180 valence electrons. The molecular weight excluding hydrogens is 431 g/mol. The minimum Gasteiger partial charge on any atom is -0.441 e. The quantitative estimate of drug-likeness (QED) is 0.507. The van der Waals surface area contributed by atoms with Gasteiger partial charge in [0.25, 0.3) is 0 Å². The monoisotopic (exact) mass is 464 g/mol. The van der Waals surface area contributed by atoms with E-state index in [1.807, 2.05) is 0 Å². The highest BCUT2D eigenvalue weighted by atomic mass is 19.1. The third-order valence-corrected chi connectivity index (χ3v) is 6.27. The lowest BCUT2D eigenvalue weighted by atomic mass is 10.1. The van der Waals surface area contributed by atoms with Gasteiger partial charge in [0.2, 0.25) is 5.91 Å². The second kappa shape index (κ2) is 11.3. The zero-order chi connectivity index (χ0) is 23.9. The van der Waals surface area contributed by atoms with E-state index in [9.17, 15) is 9.18 Å². The number of aromatic nitrogens is 1. The van der Waals surface area contributed by atoms with Crippen molar-refractivity contribution in [2.24, 2.45) is 0 Å². The molecule has 2 heterocycles. The van der Waals surface area contributed by atoms with Crippen LogP contribution >= 0.6 is 0 Å².